The second-order valence-corrected chi connectivity index (χ2v) is 5.85. The number of nitrogens with zero attached hydrogens (tertiary/aromatic N) is 1. The van der Waals surface area contributed by atoms with E-state index >= 15 is 0 Å². The van der Waals surface area contributed by atoms with Crippen molar-refractivity contribution in [3.8, 4) is 0 Å². The van der Waals surface area contributed by atoms with Crippen molar-refractivity contribution in [3.05, 3.63) is 75.3 Å². The molecule has 122 valence electrons. The largest absolute Gasteiger partial charge is 0.330 e. The molecule has 3 rings (SSSR count). The maximum absolute atomic E-state index is 12.7. The van der Waals surface area contributed by atoms with E-state index in [1.165, 1.54) is 0 Å². The number of H-pyrrole nitrogens is 1. The van der Waals surface area contributed by atoms with Crippen LogP contribution in [0.5, 0.6) is 0 Å². The summed E-state index contributed by atoms with van der Waals surface area (Å²) in [5.74, 6) is -0.612. The van der Waals surface area contributed by atoms with Gasteiger partial charge in [0.1, 0.15) is 0 Å². The van der Waals surface area contributed by atoms with Crippen molar-refractivity contribution >= 4 is 29.0 Å². The van der Waals surface area contributed by atoms with Gasteiger partial charge in [-0.05, 0) is 36.3 Å². The Bertz CT molecular complexity index is 992. The molecule has 5 nitrogen and oxygen atoms in total. The van der Waals surface area contributed by atoms with Crippen LogP contribution in [-0.4, -0.2) is 15.6 Å². The highest BCUT2D eigenvalue weighted by Crippen LogP contribution is 2.19. The third kappa shape index (κ3) is 3.00. The zero-order valence-corrected chi connectivity index (χ0v) is 14.0. The van der Waals surface area contributed by atoms with E-state index in [-0.39, 0.29) is 22.2 Å². The van der Waals surface area contributed by atoms with Crippen LogP contribution in [0.2, 0.25) is 0 Å². The third-order valence-corrected chi connectivity index (χ3v) is 4.24. The van der Waals surface area contributed by atoms with Gasteiger partial charge >= 0.3 is 0 Å². The molecule has 0 aliphatic heterocycles. The SMILES string of the molecule is CC[C@@H](C(=O)Nn1c(=S)[nH]c2ccccc2c1=O)c1ccccc1. The minimum Gasteiger partial charge on any atom is -0.330 e. The summed E-state index contributed by atoms with van der Waals surface area (Å²) < 4.78 is 1.26. The van der Waals surface area contributed by atoms with Crippen molar-refractivity contribution in [1.29, 1.82) is 0 Å². The Morgan fingerprint density at radius 2 is 1.83 bits per heavy atom. The fourth-order valence-electron chi connectivity index (χ4n) is 2.71. The molecule has 1 heterocycles. The molecule has 24 heavy (non-hydrogen) atoms. The van der Waals surface area contributed by atoms with Gasteiger partial charge in [0.15, 0.2) is 4.77 Å². The van der Waals surface area contributed by atoms with Gasteiger partial charge in [-0.1, -0.05) is 49.4 Å². The molecule has 1 atom stereocenters. The van der Waals surface area contributed by atoms with Gasteiger partial charge in [-0.15, -0.1) is 0 Å². The van der Waals surface area contributed by atoms with Gasteiger partial charge in [-0.3, -0.25) is 15.0 Å². The Balaban J connectivity index is 1.99. The summed E-state index contributed by atoms with van der Waals surface area (Å²) in [7, 11) is 0. The molecule has 0 aliphatic rings. The van der Waals surface area contributed by atoms with Crippen LogP contribution in [0.25, 0.3) is 10.9 Å². The number of carbonyl (C=O) groups is 1. The summed E-state index contributed by atoms with van der Waals surface area (Å²) in [6.07, 6.45) is 0.620. The number of nitrogens with one attached hydrogen (secondary N) is 2. The molecule has 0 bridgehead atoms. The molecular weight excluding hydrogens is 322 g/mol. The third-order valence-electron chi connectivity index (χ3n) is 3.95. The average Bonchev–Trinajstić information content (AvgIpc) is 2.60. The van der Waals surface area contributed by atoms with Crippen LogP contribution >= 0.6 is 12.2 Å². The highest BCUT2D eigenvalue weighted by molar-refractivity contribution is 7.71. The standard InChI is InChI=1S/C18H17N3O2S/c1-2-13(12-8-4-3-5-9-12)16(22)20-21-17(23)14-10-6-7-11-15(14)19-18(21)24/h3-11,13H,2H2,1H3,(H,19,24)(H,20,22)/t13-/m1/s1. The molecule has 3 aromatic rings. The topological polar surface area (TPSA) is 66.9 Å². The van der Waals surface area contributed by atoms with Gasteiger partial charge in [0.05, 0.1) is 16.8 Å². The first-order chi connectivity index (χ1) is 11.6. The monoisotopic (exact) mass is 339 g/mol. The number of aromatic amines is 1. The van der Waals surface area contributed by atoms with Gasteiger partial charge in [-0.25, -0.2) is 0 Å². The Hall–Kier alpha value is -2.73. The number of hydrogen-bond acceptors (Lipinski definition) is 3. The number of aromatic nitrogens is 2. The van der Waals surface area contributed by atoms with Crippen molar-refractivity contribution in [3.63, 3.8) is 0 Å². The van der Waals surface area contributed by atoms with E-state index in [4.69, 9.17) is 12.2 Å². The molecule has 1 aromatic heterocycles. The van der Waals surface area contributed by atoms with Crippen molar-refractivity contribution in [2.75, 3.05) is 5.43 Å². The second-order valence-electron chi connectivity index (χ2n) is 5.46. The smallest absolute Gasteiger partial charge is 0.281 e. The van der Waals surface area contributed by atoms with Gasteiger partial charge in [0.2, 0.25) is 5.91 Å². The van der Waals surface area contributed by atoms with E-state index in [0.717, 1.165) is 10.2 Å². The maximum Gasteiger partial charge on any atom is 0.281 e. The fraction of sp³-hybridized carbons (Fsp3) is 0.167. The molecule has 0 spiro atoms. The van der Waals surface area contributed by atoms with Gasteiger partial charge < -0.3 is 4.98 Å². The zero-order chi connectivity index (χ0) is 17.1. The Kier molecular flexibility index (Phi) is 4.57. The van der Waals surface area contributed by atoms with Crippen molar-refractivity contribution in [1.82, 2.24) is 9.66 Å². The van der Waals surface area contributed by atoms with E-state index in [9.17, 15) is 9.59 Å². The number of carbonyl (C=O) groups excluding carboxylic acids is 1. The molecule has 2 N–H and O–H groups in total. The second kappa shape index (κ2) is 6.80. The Morgan fingerprint density at radius 3 is 2.54 bits per heavy atom. The molecule has 0 fully saturated rings. The van der Waals surface area contributed by atoms with Crippen LogP contribution in [0, 0.1) is 4.77 Å². The summed E-state index contributed by atoms with van der Waals surface area (Å²) >= 11 is 5.22. The normalized spacial score (nSPS) is 12.0. The Morgan fingerprint density at radius 1 is 1.17 bits per heavy atom. The van der Waals surface area contributed by atoms with Gasteiger partial charge in [0.25, 0.3) is 5.56 Å². The number of fused-ring (bicyclic) bond motifs is 1. The van der Waals surface area contributed by atoms with E-state index in [0.29, 0.717) is 17.3 Å². The van der Waals surface area contributed by atoms with Crippen molar-refractivity contribution in [2.45, 2.75) is 19.3 Å². The van der Waals surface area contributed by atoms with Crippen LogP contribution in [-0.2, 0) is 4.79 Å². The summed E-state index contributed by atoms with van der Waals surface area (Å²) in [6, 6.07) is 16.5. The maximum atomic E-state index is 12.7. The summed E-state index contributed by atoms with van der Waals surface area (Å²) in [6.45, 7) is 1.93. The molecule has 6 heteroatoms. The number of benzene rings is 2. The van der Waals surface area contributed by atoms with Gasteiger partial charge in [0, 0.05) is 0 Å². The minimum absolute atomic E-state index is 0.162. The molecule has 0 saturated carbocycles. The molecular formula is C18H17N3O2S. The number of para-hydroxylation sites is 1. The lowest BCUT2D eigenvalue weighted by Crippen LogP contribution is -2.36. The fourth-order valence-corrected chi connectivity index (χ4v) is 2.95. The number of rotatable bonds is 4. The van der Waals surface area contributed by atoms with E-state index < -0.39 is 0 Å². The average molecular weight is 339 g/mol. The molecule has 2 aromatic carbocycles. The first-order valence-electron chi connectivity index (χ1n) is 7.71. The number of hydrogen-bond donors (Lipinski definition) is 2. The molecule has 0 unspecified atom stereocenters. The molecule has 1 amide bonds. The van der Waals surface area contributed by atoms with Crippen LogP contribution in [0.15, 0.2) is 59.4 Å². The predicted molar refractivity (Wildman–Crippen MR) is 97.2 cm³/mol. The highest BCUT2D eigenvalue weighted by atomic mass is 32.1. The summed E-state index contributed by atoms with van der Waals surface area (Å²) in [4.78, 5) is 28.2. The molecule has 0 saturated heterocycles. The zero-order valence-electron chi connectivity index (χ0n) is 13.2. The Labute approximate surface area is 143 Å². The minimum atomic E-state index is -0.348. The lowest BCUT2D eigenvalue weighted by molar-refractivity contribution is -0.118. The highest BCUT2D eigenvalue weighted by Gasteiger charge is 2.19. The van der Waals surface area contributed by atoms with Crippen LogP contribution < -0.4 is 11.0 Å². The first-order valence-corrected chi connectivity index (χ1v) is 8.12. The van der Waals surface area contributed by atoms with Crippen molar-refractivity contribution < 1.29 is 4.79 Å². The predicted octanol–water partition coefficient (Wildman–Crippen LogP) is 3.32. The summed E-state index contributed by atoms with van der Waals surface area (Å²) in [5, 5.41) is 0.471. The van der Waals surface area contributed by atoms with E-state index in [2.05, 4.69) is 10.4 Å². The molecule has 0 radical (unpaired) electrons. The van der Waals surface area contributed by atoms with Crippen molar-refractivity contribution in [2.24, 2.45) is 0 Å². The van der Waals surface area contributed by atoms with Crippen LogP contribution in [0.1, 0.15) is 24.8 Å². The first kappa shape index (κ1) is 16.1. The molecule has 0 aliphatic carbocycles. The van der Waals surface area contributed by atoms with Crippen LogP contribution in [0.3, 0.4) is 0 Å². The lowest BCUT2D eigenvalue weighted by Gasteiger charge is -2.16. The van der Waals surface area contributed by atoms with E-state index in [1.807, 2.05) is 43.3 Å². The number of amides is 1. The van der Waals surface area contributed by atoms with Gasteiger partial charge in [-0.2, -0.15) is 4.68 Å². The van der Waals surface area contributed by atoms with Crippen LogP contribution in [0.4, 0.5) is 0 Å². The summed E-state index contributed by atoms with van der Waals surface area (Å²) in [5.41, 5.74) is 3.86. The quantitative estimate of drug-likeness (QED) is 0.717. The lowest BCUT2D eigenvalue weighted by atomic mass is 9.96. The van der Waals surface area contributed by atoms with E-state index in [1.54, 1.807) is 18.2 Å².